The van der Waals surface area contributed by atoms with E-state index in [1.165, 1.54) is 0 Å². The fourth-order valence-corrected chi connectivity index (χ4v) is 1.86. The predicted molar refractivity (Wildman–Crippen MR) is 57.9 cm³/mol. The van der Waals surface area contributed by atoms with Gasteiger partial charge in [0.1, 0.15) is 0 Å². The number of anilines is 1. The van der Waals surface area contributed by atoms with Gasteiger partial charge in [0, 0.05) is 12.3 Å². The molecule has 2 unspecified atom stereocenters. The van der Waals surface area contributed by atoms with Gasteiger partial charge in [-0.3, -0.25) is 0 Å². The van der Waals surface area contributed by atoms with Gasteiger partial charge in [0.25, 0.3) is 0 Å². The molecule has 15 heavy (non-hydrogen) atoms. The van der Waals surface area contributed by atoms with Crippen LogP contribution in [0.15, 0.2) is 24.3 Å². The minimum Gasteiger partial charge on any atom is -0.399 e. The van der Waals surface area contributed by atoms with Crippen LogP contribution in [0.25, 0.3) is 0 Å². The highest BCUT2D eigenvalue weighted by molar-refractivity contribution is 5.40. The molecule has 2 atom stereocenters. The number of rotatable bonds is 1. The molecule has 1 heterocycles. The minimum absolute atomic E-state index is 0.0593. The lowest BCUT2D eigenvalue weighted by molar-refractivity contribution is 0.000720. The van der Waals surface area contributed by atoms with Gasteiger partial charge in [-0.15, -0.1) is 0 Å². The van der Waals surface area contributed by atoms with Gasteiger partial charge in [-0.2, -0.15) is 5.26 Å². The van der Waals surface area contributed by atoms with E-state index in [0.717, 1.165) is 24.1 Å². The molecule has 0 aromatic heterocycles. The Hall–Kier alpha value is -1.53. The Morgan fingerprint density at radius 1 is 1.33 bits per heavy atom. The Morgan fingerprint density at radius 2 is 2.07 bits per heavy atom. The zero-order chi connectivity index (χ0) is 10.7. The number of hydrogen-bond acceptors (Lipinski definition) is 3. The van der Waals surface area contributed by atoms with Crippen LogP contribution in [-0.4, -0.2) is 6.61 Å². The predicted octanol–water partition coefficient (Wildman–Crippen LogP) is 2.26. The molecule has 3 nitrogen and oxygen atoms in total. The largest absolute Gasteiger partial charge is 0.399 e. The highest BCUT2D eigenvalue weighted by Crippen LogP contribution is 2.31. The van der Waals surface area contributed by atoms with E-state index in [1.54, 1.807) is 0 Å². The van der Waals surface area contributed by atoms with E-state index in [4.69, 9.17) is 15.7 Å². The first kappa shape index (κ1) is 10.0. The smallest absolute Gasteiger partial charge is 0.0837 e. The molecule has 2 rings (SSSR count). The normalized spacial score (nSPS) is 25.8. The van der Waals surface area contributed by atoms with E-state index in [-0.39, 0.29) is 12.0 Å². The highest BCUT2D eigenvalue weighted by Gasteiger charge is 2.23. The second-order valence-corrected chi connectivity index (χ2v) is 3.88. The molecule has 78 valence electrons. The molecule has 0 aliphatic carbocycles. The molecular formula is C12H14N2O. The summed E-state index contributed by atoms with van der Waals surface area (Å²) in [6.45, 7) is 0.674. The van der Waals surface area contributed by atoms with Gasteiger partial charge in [-0.05, 0) is 30.5 Å². The third kappa shape index (κ3) is 2.28. The summed E-state index contributed by atoms with van der Waals surface area (Å²) in [5.74, 6) is 0.126. The molecule has 2 N–H and O–H groups in total. The molecule has 1 aliphatic rings. The molecule has 1 aromatic rings. The van der Waals surface area contributed by atoms with Crippen LogP contribution in [0.5, 0.6) is 0 Å². The number of nitrogens with two attached hydrogens (primary N) is 1. The van der Waals surface area contributed by atoms with Gasteiger partial charge in [-0.25, -0.2) is 0 Å². The molecule has 0 bridgehead atoms. The molecule has 0 radical (unpaired) electrons. The van der Waals surface area contributed by atoms with Crippen LogP contribution in [0.2, 0.25) is 0 Å². The van der Waals surface area contributed by atoms with Gasteiger partial charge in [0.2, 0.25) is 0 Å². The summed E-state index contributed by atoms with van der Waals surface area (Å²) in [4.78, 5) is 0. The molecule has 1 saturated heterocycles. The molecule has 1 aromatic carbocycles. The summed E-state index contributed by atoms with van der Waals surface area (Å²) < 4.78 is 5.64. The van der Waals surface area contributed by atoms with Crippen molar-refractivity contribution in [1.82, 2.24) is 0 Å². The van der Waals surface area contributed by atoms with Crippen molar-refractivity contribution < 1.29 is 4.74 Å². The van der Waals surface area contributed by atoms with E-state index < -0.39 is 0 Å². The quantitative estimate of drug-likeness (QED) is 0.710. The zero-order valence-electron chi connectivity index (χ0n) is 8.52. The summed E-state index contributed by atoms with van der Waals surface area (Å²) in [7, 11) is 0. The lowest BCUT2D eigenvalue weighted by atomic mass is 9.93. The summed E-state index contributed by atoms with van der Waals surface area (Å²) in [6.07, 6.45) is 1.70. The Bertz CT molecular complexity index is 366. The van der Waals surface area contributed by atoms with Crippen molar-refractivity contribution in [2.75, 3.05) is 12.3 Å². The first-order chi connectivity index (χ1) is 7.29. The van der Waals surface area contributed by atoms with Crippen molar-refractivity contribution in [3.05, 3.63) is 29.8 Å². The van der Waals surface area contributed by atoms with Gasteiger partial charge in [0.15, 0.2) is 0 Å². The third-order valence-corrected chi connectivity index (χ3v) is 2.77. The van der Waals surface area contributed by atoms with Crippen LogP contribution in [0.3, 0.4) is 0 Å². The number of benzene rings is 1. The Labute approximate surface area is 89.5 Å². The summed E-state index contributed by atoms with van der Waals surface area (Å²) in [5, 5.41) is 8.87. The van der Waals surface area contributed by atoms with E-state index >= 15 is 0 Å². The van der Waals surface area contributed by atoms with Crippen LogP contribution in [0.4, 0.5) is 5.69 Å². The van der Waals surface area contributed by atoms with Crippen LogP contribution in [-0.2, 0) is 4.74 Å². The maximum Gasteiger partial charge on any atom is 0.0837 e. The van der Waals surface area contributed by atoms with Crippen molar-refractivity contribution in [3.63, 3.8) is 0 Å². The third-order valence-electron chi connectivity index (χ3n) is 2.77. The zero-order valence-corrected chi connectivity index (χ0v) is 8.52. The van der Waals surface area contributed by atoms with E-state index in [1.807, 2.05) is 24.3 Å². The van der Waals surface area contributed by atoms with E-state index in [2.05, 4.69) is 6.07 Å². The molecule has 0 amide bonds. The van der Waals surface area contributed by atoms with Gasteiger partial charge >= 0.3 is 0 Å². The monoisotopic (exact) mass is 202 g/mol. The number of nitrogens with zero attached hydrogens (tertiary/aromatic N) is 1. The fourth-order valence-electron chi connectivity index (χ4n) is 1.86. The average molecular weight is 202 g/mol. The van der Waals surface area contributed by atoms with Crippen molar-refractivity contribution >= 4 is 5.69 Å². The Kier molecular flexibility index (Phi) is 2.89. The van der Waals surface area contributed by atoms with Gasteiger partial charge in [0.05, 0.1) is 18.1 Å². The van der Waals surface area contributed by atoms with Gasteiger partial charge < -0.3 is 10.5 Å². The maximum absolute atomic E-state index is 8.87. The van der Waals surface area contributed by atoms with Crippen molar-refractivity contribution in [1.29, 1.82) is 5.26 Å². The lowest BCUT2D eigenvalue weighted by Gasteiger charge is -2.26. The second kappa shape index (κ2) is 4.33. The summed E-state index contributed by atoms with van der Waals surface area (Å²) in [6, 6.07) is 9.99. The Morgan fingerprint density at radius 3 is 2.73 bits per heavy atom. The first-order valence-corrected chi connectivity index (χ1v) is 5.16. The summed E-state index contributed by atoms with van der Waals surface area (Å²) in [5.41, 5.74) is 7.49. The van der Waals surface area contributed by atoms with Crippen LogP contribution in [0, 0.1) is 17.2 Å². The minimum atomic E-state index is 0.0593. The van der Waals surface area contributed by atoms with Crippen molar-refractivity contribution in [2.24, 2.45) is 5.92 Å². The Balaban J connectivity index is 2.10. The van der Waals surface area contributed by atoms with E-state index in [9.17, 15) is 0 Å². The second-order valence-electron chi connectivity index (χ2n) is 3.88. The molecule has 1 aliphatic heterocycles. The maximum atomic E-state index is 8.87. The van der Waals surface area contributed by atoms with Crippen molar-refractivity contribution in [3.8, 4) is 6.07 Å². The highest BCUT2D eigenvalue weighted by atomic mass is 16.5. The number of hydrogen-bond donors (Lipinski definition) is 1. The summed E-state index contributed by atoms with van der Waals surface area (Å²) >= 11 is 0. The van der Waals surface area contributed by atoms with Crippen molar-refractivity contribution in [2.45, 2.75) is 18.9 Å². The standard InChI is InChI=1S/C12H14N2O/c13-8-9-5-6-15-12(7-9)10-1-3-11(14)4-2-10/h1-4,9,12H,5-7,14H2. The molecule has 3 heteroatoms. The van der Waals surface area contributed by atoms with Gasteiger partial charge in [-0.1, -0.05) is 12.1 Å². The van der Waals surface area contributed by atoms with Crippen LogP contribution >= 0.6 is 0 Å². The number of nitrogen functional groups attached to an aromatic ring is 1. The van der Waals surface area contributed by atoms with E-state index in [0.29, 0.717) is 6.61 Å². The van der Waals surface area contributed by atoms with Crippen LogP contribution in [0.1, 0.15) is 24.5 Å². The molecule has 1 fully saturated rings. The lowest BCUT2D eigenvalue weighted by Crippen LogP contribution is -2.18. The number of nitriles is 1. The molecule has 0 spiro atoms. The number of ether oxygens (including phenoxy) is 1. The molecule has 0 saturated carbocycles. The first-order valence-electron chi connectivity index (χ1n) is 5.16. The average Bonchev–Trinajstić information content (AvgIpc) is 2.30. The topological polar surface area (TPSA) is 59.0 Å². The SMILES string of the molecule is N#CC1CCOC(c2ccc(N)cc2)C1. The fraction of sp³-hybridized carbons (Fsp3) is 0.417. The van der Waals surface area contributed by atoms with Crippen LogP contribution < -0.4 is 5.73 Å². The molecular weight excluding hydrogens is 188 g/mol.